The van der Waals surface area contributed by atoms with E-state index in [-0.39, 0.29) is 0 Å². The van der Waals surface area contributed by atoms with Crippen LogP contribution in [0.15, 0.2) is 94.4 Å². The van der Waals surface area contributed by atoms with E-state index in [1.165, 1.54) is 24.8 Å². The molecule has 0 aromatic heterocycles. The van der Waals surface area contributed by atoms with Crippen LogP contribution in [-0.4, -0.2) is 26.3 Å². The quantitative estimate of drug-likeness (QED) is 0.0622. The second-order valence-corrected chi connectivity index (χ2v) is 11.5. The molecule has 0 saturated carbocycles. The fourth-order valence-corrected chi connectivity index (χ4v) is 3.87. The van der Waals surface area contributed by atoms with Crippen LogP contribution in [-0.2, 0) is 9.47 Å². The van der Waals surface area contributed by atoms with Crippen molar-refractivity contribution >= 4 is 5.90 Å². The Morgan fingerprint density at radius 3 is 1.66 bits per heavy atom. The molecule has 0 saturated heterocycles. The van der Waals surface area contributed by atoms with Crippen LogP contribution in [0.2, 0.25) is 0 Å². The normalized spacial score (nSPS) is 13.2. The lowest BCUT2D eigenvalue weighted by Crippen LogP contribution is -2.14. The van der Waals surface area contributed by atoms with Crippen LogP contribution in [0, 0.1) is 11.3 Å². The fourth-order valence-electron chi connectivity index (χ4n) is 3.87. The Morgan fingerprint density at radius 2 is 1.34 bits per heavy atom. The smallest absolute Gasteiger partial charge is 0.416 e. The number of halogens is 3. The summed E-state index contributed by atoms with van der Waals surface area (Å²) in [5.74, 6) is 2.16. The second kappa shape index (κ2) is 32.9. The third-order valence-corrected chi connectivity index (χ3v) is 6.31. The lowest BCUT2D eigenvalue weighted by atomic mass is 9.89. The molecule has 0 spiro atoms. The lowest BCUT2D eigenvalue weighted by Gasteiger charge is -2.19. The van der Waals surface area contributed by atoms with Crippen molar-refractivity contribution in [2.75, 3.05) is 14.2 Å². The fraction of sp³-hybridized carbons (Fsp3) is 0.585. The van der Waals surface area contributed by atoms with Crippen LogP contribution < -0.4 is 0 Å². The van der Waals surface area contributed by atoms with Gasteiger partial charge in [0.1, 0.15) is 0 Å². The van der Waals surface area contributed by atoms with Crippen molar-refractivity contribution in [2.45, 2.75) is 141 Å². The molecular weight excluding hydrogens is 595 g/mol. The molecule has 0 aromatic carbocycles. The Morgan fingerprint density at radius 1 is 0.809 bits per heavy atom. The average Bonchev–Trinajstić information content (AvgIpc) is 3.00. The Hall–Kier alpha value is -3.02. The van der Waals surface area contributed by atoms with Gasteiger partial charge in [0.15, 0.2) is 5.90 Å². The Bertz CT molecular complexity index is 1040. The highest BCUT2D eigenvalue weighted by atomic mass is 19.4. The van der Waals surface area contributed by atoms with Crippen molar-refractivity contribution in [1.29, 1.82) is 5.41 Å². The van der Waals surface area contributed by atoms with E-state index in [1.54, 1.807) is 14.0 Å². The van der Waals surface area contributed by atoms with Crippen molar-refractivity contribution in [3.05, 3.63) is 94.4 Å². The zero-order chi connectivity index (χ0) is 37.4. The summed E-state index contributed by atoms with van der Waals surface area (Å²) in [6.45, 7) is 27.7. The van der Waals surface area contributed by atoms with Gasteiger partial charge < -0.3 is 9.47 Å². The van der Waals surface area contributed by atoms with Gasteiger partial charge in [-0.25, -0.2) is 0 Å². The zero-order valence-corrected chi connectivity index (χ0v) is 32.5. The third-order valence-electron chi connectivity index (χ3n) is 6.31. The van der Waals surface area contributed by atoms with Gasteiger partial charge in [0, 0.05) is 12.8 Å². The maximum Gasteiger partial charge on any atom is 0.416 e. The molecule has 0 aromatic rings. The van der Waals surface area contributed by atoms with E-state index in [0.717, 1.165) is 43.4 Å². The van der Waals surface area contributed by atoms with Crippen LogP contribution in [0.4, 0.5) is 13.2 Å². The van der Waals surface area contributed by atoms with Crippen LogP contribution in [0.1, 0.15) is 134 Å². The molecule has 6 heteroatoms. The molecule has 0 atom stereocenters. The first-order valence-corrected chi connectivity index (χ1v) is 17.1. The molecular formula is C41H70F3NO2. The molecule has 0 aliphatic rings. The van der Waals surface area contributed by atoms with Gasteiger partial charge in [-0.15, -0.1) is 0 Å². The molecule has 0 heterocycles. The maximum atomic E-state index is 13.9. The molecule has 47 heavy (non-hydrogen) atoms. The van der Waals surface area contributed by atoms with E-state index in [4.69, 9.17) is 10.1 Å². The van der Waals surface area contributed by atoms with Crippen LogP contribution >= 0.6 is 0 Å². The number of alkyl halides is 3. The number of methoxy groups -OCH3 is 2. The minimum atomic E-state index is -4.41. The van der Waals surface area contributed by atoms with Gasteiger partial charge in [0.05, 0.1) is 25.6 Å². The van der Waals surface area contributed by atoms with Crippen molar-refractivity contribution in [3.63, 3.8) is 0 Å². The van der Waals surface area contributed by atoms with Crippen molar-refractivity contribution in [3.8, 4) is 0 Å². The molecule has 0 rings (SSSR count). The van der Waals surface area contributed by atoms with Gasteiger partial charge in [0.25, 0.3) is 0 Å². The number of allylic oxidation sites excluding steroid dienone is 15. The summed E-state index contributed by atoms with van der Waals surface area (Å²) in [7, 11) is 3.25. The summed E-state index contributed by atoms with van der Waals surface area (Å²) in [6, 6.07) is 0. The van der Waals surface area contributed by atoms with Gasteiger partial charge in [-0.1, -0.05) is 115 Å². The minimum absolute atomic E-state index is 0.343. The second-order valence-electron chi connectivity index (χ2n) is 11.5. The first-order chi connectivity index (χ1) is 22.0. The number of hydrogen-bond acceptors (Lipinski definition) is 3. The first kappa shape index (κ1) is 50.8. The molecule has 0 unspecified atom stereocenters. The molecule has 3 nitrogen and oxygen atoms in total. The number of hydrogen-bond donors (Lipinski definition) is 1. The number of rotatable bonds is 15. The predicted octanol–water partition coefficient (Wildman–Crippen LogP) is 14.4. The van der Waals surface area contributed by atoms with Crippen molar-refractivity contribution in [2.24, 2.45) is 5.92 Å². The SMILES string of the molecule is C/C=C\C.C=C(C)\C=C/C(=C(CCC)/C(=C/C=C(/C)CCC)C(/C)=C\CC)C(F)(F)F.CC/C=C(/CC(C)C)OC.CCC(=N)OC. The van der Waals surface area contributed by atoms with Crippen LogP contribution in [0.25, 0.3) is 0 Å². The Balaban J connectivity index is -0.000000373. The van der Waals surface area contributed by atoms with Crippen molar-refractivity contribution < 1.29 is 22.6 Å². The topological polar surface area (TPSA) is 42.3 Å². The van der Waals surface area contributed by atoms with E-state index in [2.05, 4.69) is 45.1 Å². The largest absolute Gasteiger partial charge is 0.501 e. The summed E-state index contributed by atoms with van der Waals surface area (Å²) in [5, 5.41) is 6.76. The van der Waals surface area contributed by atoms with E-state index in [1.807, 2.05) is 78.8 Å². The molecule has 0 aliphatic heterocycles. The highest BCUT2D eigenvalue weighted by Gasteiger charge is 2.35. The third kappa shape index (κ3) is 31.4. The van der Waals surface area contributed by atoms with E-state index < -0.39 is 11.7 Å². The van der Waals surface area contributed by atoms with Gasteiger partial charge in [-0.05, 0) is 95.1 Å². The molecule has 0 fully saturated rings. The predicted molar refractivity (Wildman–Crippen MR) is 203 cm³/mol. The summed E-state index contributed by atoms with van der Waals surface area (Å²) < 4.78 is 51.3. The molecule has 0 aliphatic carbocycles. The average molecular weight is 666 g/mol. The maximum absolute atomic E-state index is 13.9. The van der Waals surface area contributed by atoms with E-state index in [9.17, 15) is 13.2 Å². The van der Waals surface area contributed by atoms with E-state index >= 15 is 0 Å². The van der Waals surface area contributed by atoms with Crippen LogP contribution in [0.5, 0.6) is 0 Å². The van der Waals surface area contributed by atoms with Gasteiger partial charge >= 0.3 is 6.18 Å². The lowest BCUT2D eigenvalue weighted by molar-refractivity contribution is -0.0889. The van der Waals surface area contributed by atoms with Crippen molar-refractivity contribution in [1.82, 2.24) is 0 Å². The molecule has 0 bridgehead atoms. The Kier molecular flexibility index (Phi) is 35.6. The van der Waals surface area contributed by atoms with Crippen LogP contribution in [0.3, 0.4) is 0 Å². The Labute approximate surface area is 288 Å². The summed E-state index contributed by atoms with van der Waals surface area (Å²) >= 11 is 0. The highest BCUT2D eigenvalue weighted by molar-refractivity contribution is 5.71. The molecule has 1 N–H and O–H groups in total. The summed E-state index contributed by atoms with van der Waals surface area (Å²) in [5.41, 5.74) is 3.09. The van der Waals surface area contributed by atoms with Gasteiger partial charge in [-0.3, -0.25) is 5.41 Å². The number of nitrogens with one attached hydrogen (secondary N) is 1. The van der Waals surface area contributed by atoms with Gasteiger partial charge in [-0.2, -0.15) is 13.2 Å². The van der Waals surface area contributed by atoms with E-state index in [0.29, 0.717) is 47.8 Å². The molecule has 0 amide bonds. The molecule has 272 valence electrons. The highest BCUT2D eigenvalue weighted by Crippen LogP contribution is 2.37. The molecule has 0 radical (unpaired) electrons. The minimum Gasteiger partial charge on any atom is -0.501 e. The summed E-state index contributed by atoms with van der Waals surface area (Å²) in [4.78, 5) is 0. The summed E-state index contributed by atoms with van der Waals surface area (Å²) in [6.07, 6.45) is 16.7. The standard InChI is InChI=1S/C24H35F3.C9H18O.C4H9NO.C4H8/c1-8-11-19(6)15-16-21(20(7)12-9-2)22(13-10-3)23(24(25,26)27)17-14-18(4)5;1-5-6-9(10-4)7-8(2)3;1-3-4(5)6-2;1-3-4-2/h12,14-17H,4,8-11,13H2,1-3,5-7H3;6,8H,5,7H2,1-4H3;5H,3H2,1-2H3;3-4H,1-2H3/b17-14-,19-15-,20-12-,21-16+,23-22-;9-6-;;4-3-. The number of ether oxygens (including phenoxy) is 2. The van der Waals surface area contributed by atoms with Gasteiger partial charge in [0.2, 0.25) is 0 Å². The zero-order valence-electron chi connectivity index (χ0n) is 32.5. The monoisotopic (exact) mass is 666 g/mol. The first-order valence-electron chi connectivity index (χ1n) is 17.1.